The molecular formula is C13H13N3OS. The fourth-order valence-corrected chi connectivity index (χ4v) is 1.72. The van der Waals surface area contributed by atoms with Crippen molar-refractivity contribution < 1.29 is 4.74 Å². The highest BCUT2D eigenvalue weighted by Crippen LogP contribution is 2.21. The van der Waals surface area contributed by atoms with Crippen molar-refractivity contribution in [2.45, 2.75) is 0 Å². The molecule has 0 aliphatic carbocycles. The number of para-hydroxylation sites is 1. The largest absolute Gasteiger partial charge is 0.481 e. The van der Waals surface area contributed by atoms with Crippen molar-refractivity contribution in [1.82, 2.24) is 4.98 Å². The molecule has 0 aliphatic rings. The van der Waals surface area contributed by atoms with E-state index in [0.717, 1.165) is 16.9 Å². The van der Waals surface area contributed by atoms with E-state index in [1.165, 1.54) is 0 Å². The molecule has 0 saturated heterocycles. The molecule has 18 heavy (non-hydrogen) atoms. The molecule has 5 heteroatoms. The van der Waals surface area contributed by atoms with E-state index in [1.54, 1.807) is 19.4 Å². The van der Waals surface area contributed by atoms with Crippen molar-refractivity contribution in [2.24, 2.45) is 5.73 Å². The van der Waals surface area contributed by atoms with E-state index in [9.17, 15) is 0 Å². The summed E-state index contributed by atoms with van der Waals surface area (Å²) in [5, 5.41) is 3.22. The quantitative estimate of drug-likeness (QED) is 0.826. The van der Waals surface area contributed by atoms with Crippen LogP contribution in [0.3, 0.4) is 0 Å². The zero-order chi connectivity index (χ0) is 13.0. The van der Waals surface area contributed by atoms with Crippen LogP contribution in [0.4, 0.5) is 11.4 Å². The number of methoxy groups -OCH3 is 1. The number of nitrogens with two attached hydrogens (primary N) is 1. The first kappa shape index (κ1) is 12.3. The second-order valence-electron chi connectivity index (χ2n) is 3.62. The van der Waals surface area contributed by atoms with Crippen LogP contribution >= 0.6 is 12.2 Å². The number of nitrogens with one attached hydrogen (secondary N) is 1. The molecule has 0 aliphatic heterocycles. The number of nitrogens with zero attached hydrogens (tertiary/aromatic N) is 1. The van der Waals surface area contributed by atoms with Crippen molar-refractivity contribution in [3.63, 3.8) is 0 Å². The van der Waals surface area contributed by atoms with Gasteiger partial charge in [0.05, 0.1) is 19.0 Å². The van der Waals surface area contributed by atoms with Crippen molar-refractivity contribution in [3.8, 4) is 5.88 Å². The maximum atomic E-state index is 5.67. The molecular weight excluding hydrogens is 246 g/mol. The van der Waals surface area contributed by atoms with Gasteiger partial charge < -0.3 is 15.8 Å². The van der Waals surface area contributed by atoms with Crippen molar-refractivity contribution >= 4 is 28.6 Å². The Balaban J connectivity index is 2.25. The number of rotatable bonds is 4. The van der Waals surface area contributed by atoms with E-state index in [2.05, 4.69) is 10.3 Å². The predicted octanol–water partition coefficient (Wildman–Crippen LogP) is 2.47. The van der Waals surface area contributed by atoms with Gasteiger partial charge in [0.15, 0.2) is 0 Å². The summed E-state index contributed by atoms with van der Waals surface area (Å²) in [6, 6.07) is 11.3. The van der Waals surface area contributed by atoms with E-state index in [-0.39, 0.29) is 0 Å². The van der Waals surface area contributed by atoms with Gasteiger partial charge in [-0.1, -0.05) is 24.4 Å². The molecule has 4 nitrogen and oxygen atoms in total. The van der Waals surface area contributed by atoms with Gasteiger partial charge in [-0.2, -0.15) is 0 Å². The smallest absolute Gasteiger partial charge is 0.213 e. The number of pyridine rings is 1. The van der Waals surface area contributed by atoms with Gasteiger partial charge in [-0.15, -0.1) is 0 Å². The summed E-state index contributed by atoms with van der Waals surface area (Å²) in [4.78, 5) is 4.48. The normalized spacial score (nSPS) is 9.83. The molecule has 0 spiro atoms. The van der Waals surface area contributed by atoms with Crippen LogP contribution in [-0.2, 0) is 0 Å². The van der Waals surface area contributed by atoms with E-state index in [0.29, 0.717) is 10.9 Å². The lowest BCUT2D eigenvalue weighted by Gasteiger charge is -2.10. The Morgan fingerprint density at radius 3 is 2.67 bits per heavy atom. The van der Waals surface area contributed by atoms with Crippen LogP contribution in [0.5, 0.6) is 5.88 Å². The molecule has 1 aromatic carbocycles. The summed E-state index contributed by atoms with van der Waals surface area (Å²) in [5.74, 6) is 0.572. The molecule has 92 valence electrons. The highest BCUT2D eigenvalue weighted by molar-refractivity contribution is 7.80. The first-order chi connectivity index (χ1) is 8.70. The van der Waals surface area contributed by atoms with Gasteiger partial charge >= 0.3 is 0 Å². The maximum absolute atomic E-state index is 5.67. The summed E-state index contributed by atoms with van der Waals surface area (Å²) in [5.41, 5.74) is 8.18. The summed E-state index contributed by atoms with van der Waals surface area (Å²) in [6.07, 6.45) is 1.69. The Morgan fingerprint density at radius 1 is 1.28 bits per heavy atom. The number of thiocarbonyl (C=S) groups is 1. The van der Waals surface area contributed by atoms with Crippen LogP contribution in [0.15, 0.2) is 42.6 Å². The van der Waals surface area contributed by atoms with Crippen LogP contribution in [0.25, 0.3) is 0 Å². The van der Waals surface area contributed by atoms with Crippen molar-refractivity contribution in [2.75, 3.05) is 12.4 Å². The Labute approximate surface area is 111 Å². The van der Waals surface area contributed by atoms with E-state index < -0.39 is 0 Å². The SMILES string of the molecule is COc1ccc(Nc2ccccc2C(N)=S)cn1. The minimum Gasteiger partial charge on any atom is -0.481 e. The molecule has 1 aromatic heterocycles. The van der Waals surface area contributed by atoms with Gasteiger partial charge in [0, 0.05) is 17.3 Å². The number of hydrogen-bond acceptors (Lipinski definition) is 4. The third-order valence-electron chi connectivity index (χ3n) is 2.42. The number of anilines is 2. The molecule has 0 unspecified atom stereocenters. The Bertz CT molecular complexity index is 554. The third-order valence-corrected chi connectivity index (χ3v) is 2.64. The van der Waals surface area contributed by atoms with Crippen LogP contribution in [0, 0.1) is 0 Å². The zero-order valence-electron chi connectivity index (χ0n) is 9.88. The average molecular weight is 259 g/mol. The average Bonchev–Trinajstić information content (AvgIpc) is 2.40. The summed E-state index contributed by atoms with van der Waals surface area (Å²) in [7, 11) is 1.58. The maximum Gasteiger partial charge on any atom is 0.213 e. The highest BCUT2D eigenvalue weighted by atomic mass is 32.1. The van der Waals surface area contributed by atoms with Crippen LogP contribution < -0.4 is 15.8 Å². The second kappa shape index (κ2) is 5.46. The molecule has 0 saturated carbocycles. The van der Waals surface area contributed by atoms with Crippen LogP contribution in [0.2, 0.25) is 0 Å². The van der Waals surface area contributed by atoms with Crippen LogP contribution in [-0.4, -0.2) is 17.1 Å². The van der Waals surface area contributed by atoms with Gasteiger partial charge in [0.25, 0.3) is 0 Å². The number of ether oxygens (including phenoxy) is 1. The van der Waals surface area contributed by atoms with Gasteiger partial charge in [-0.25, -0.2) is 4.98 Å². The topological polar surface area (TPSA) is 60.2 Å². The molecule has 0 atom stereocenters. The lowest BCUT2D eigenvalue weighted by molar-refractivity contribution is 0.398. The molecule has 0 fully saturated rings. The Hall–Kier alpha value is -2.14. The molecule has 1 heterocycles. The molecule has 0 radical (unpaired) electrons. The molecule has 0 bridgehead atoms. The fraction of sp³-hybridized carbons (Fsp3) is 0.0769. The van der Waals surface area contributed by atoms with E-state index in [4.69, 9.17) is 22.7 Å². The molecule has 2 rings (SSSR count). The minimum absolute atomic E-state index is 0.361. The van der Waals surface area contributed by atoms with Gasteiger partial charge in [0.1, 0.15) is 4.99 Å². The highest BCUT2D eigenvalue weighted by Gasteiger charge is 2.04. The van der Waals surface area contributed by atoms with Gasteiger partial charge in [-0.05, 0) is 18.2 Å². The third kappa shape index (κ3) is 2.75. The first-order valence-electron chi connectivity index (χ1n) is 5.36. The van der Waals surface area contributed by atoms with E-state index in [1.807, 2.05) is 30.3 Å². The second-order valence-corrected chi connectivity index (χ2v) is 4.06. The number of aromatic nitrogens is 1. The van der Waals surface area contributed by atoms with Gasteiger partial charge in [-0.3, -0.25) is 0 Å². The van der Waals surface area contributed by atoms with Crippen LogP contribution in [0.1, 0.15) is 5.56 Å². The monoisotopic (exact) mass is 259 g/mol. The predicted molar refractivity (Wildman–Crippen MR) is 76.4 cm³/mol. The lowest BCUT2D eigenvalue weighted by Crippen LogP contribution is -2.11. The summed E-state index contributed by atoms with van der Waals surface area (Å²) < 4.78 is 5.00. The standard InChI is InChI=1S/C13H13N3OS/c1-17-12-7-6-9(8-15-12)16-11-5-3-2-4-10(11)13(14)18/h2-8,16H,1H3,(H2,14,18). The Morgan fingerprint density at radius 2 is 2.06 bits per heavy atom. The van der Waals surface area contributed by atoms with Gasteiger partial charge in [0.2, 0.25) is 5.88 Å². The molecule has 0 amide bonds. The fourth-order valence-electron chi connectivity index (χ4n) is 1.54. The summed E-state index contributed by atoms with van der Waals surface area (Å²) in [6.45, 7) is 0. The van der Waals surface area contributed by atoms with E-state index >= 15 is 0 Å². The number of benzene rings is 1. The number of hydrogen-bond donors (Lipinski definition) is 2. The minimum atomic E-state index is 0.361. The molecule has 2 aromatic rings. The zero-order valence-corrected chi connectivity index (χ0v) is 10.7. The Kier molecular flexibility index (Phi) is 3.74. The molecule has 3 N–H and O–H groups in total. The van der Waals surface area contributed by atoms with Crippen molar-refractivity contribution in [1.29, 1.82) is 0 Å². The van der Waals surface area contributed by atoms with Crippen molar-refractivity contribution in [3.05, 3.63) is 48.2 Å². The summed E-state index contributed by atoms with van der Waals surface area (Å²) >= 11 is 5.01. The first-order valence-corrected chi connectivity index (χ1v) is 5.77. The lowest BCUT2D eigenvalue weighted by atomic mass is 10.1.